The van der Waals surface area contributed by atoms with Crippen LogP contribution in [0.4, 0.5) is 4.39 Å². The van der Waals surface area contributed by atoms with E-state index in [2.05, 4.69) is 0 Å². The molecule has 0 amide bonds. The molecule has 0 bridgehead atoms. The van der Waals surface area contributed by atoms with Gasteiger partial charge in [-0.25, -0.2) is 0 Å². The summed E-state index contributed by atoms with van der Waals surface area (Å²) in [6.45, 7) is 0. The molecule has 1 atom stereocenters. The number of ketones is 1. The average molecular weight is 276 g/mol. The number of halogens is 1. The number of carbonyl (C=O) groups is 1. The normalized spacial score (nSPS) is 10.1. The van der Waals surface area contributed by atoms with Gasteiger partial charge in [0, 0.05) is 0 Å². The summed E-state index contributed by atoms with van der Waals surface area (Å²) in [5, 5.41) is 0. The topological polar surface area (TPSA) is 17.1 Å². The molecule has 0 aliphatic rings. The van der Waals surface area contributed by atoms with Crippen molar-refractivity contribution in [1.82, 2.24) is 0 Å². The Morgan fingerprint density at radius 2 is 1.81 bits per heavy atom. The van der Waals surface area contributed by atoms with Gasteiger partial charge in [0.15, 0.2) is 0 Å². The van der Waals surface area contributed by atoms with Crippen molar-refractivity contribution in [3.8, 4) is 0 Å². The zero-order valence-corrected chi connectivity index (χ0v) is 10.9. The molecule has 0 heterocycles. The van der Waals surface area contributed by atoms with Crippen LogP contribution in [0.5, 0.6) is 0 Å². The number of rotatable bonds is 2. The number of benzene rings is 2. The van der Waals surface area contributed by atoms with Crippen LogP contribution >= 0.6 is 0 Å². The number of hydrogen-bond donors (Lipinski definition) is 0. The van der Waals surface area contributed by atoms with Crippen molar-refractivity contribution in [2.45, 2.75) is 0 Å². The molecule has 2 rings (SSSR count). The van der Waals surface area contributed by atoms with E-state index in [1.54, 1.807) is 18.2 Å². The van der Waals surface area contributed by atoms with Gasteiger partial charge in [-0.2, -0.15) is 0 Å². The first-order valence-corrected chi connectivity index (χ1v) is 6.04. The minimum atomic E-state index is -0.384. The van der Waals surface area contributed by atoms with Crippen molar-refractivity contribution >= 4 is 27.0 Å². The van der Waals surface area contributed by atoms with Gasteiger partial charge in [0.05, 0.1) is 0 Å². The zero-order chi connectivity index (χ0) is 11.5. The summed E-state index contributed by atoms with van der Waals surface area (Å²) in [7, 11) is 0. The molecule has 80 valence electrons. The molecule has 0 radical (unpaired) electrons. The molecule has 1 nitrogen and oxygen atoms in total. The van der Waals surface area contributed by atoms with E-state index >= 15 is 0 Å². The van der Waals surface area contributed by atoms with E-state index in [9.17, 15) is 9.18 Å². The summed E-state index contributed by atoms with van der Waals surface area (Å²) in [6.07, 6.45) is 0. The second-order valence-corrected chi connectivity index (χ2v) is 4.73. The van der Waals surface area contributed by atoms with E-state index in [4.69, 9.17) is 0 Å². The maximum absolute atomic E-state index is 13.0. The van der Waals surface area contributed by atoms with Gasteiger partial charge in [0.2, 0.25) is 0 Å². The fourth-order valence-electron chi connectivity index (χ4n) is 1.49. The van der Waals surface area contributed by atoms with E-state index in [0.29, 0.717) is 11.1 Å². The van der Waals surface area contributed by atoms with Gasteiger partial charge in [-0.1, -0.05) is 0 Å². The Bertz CT molecular complexity index is 537. The van der Waals surface area contributed by atoms with E-state index in [1.165, 1.54) is 29.0 Å². The molecule has 2 aromatic rings. The molecule has 16 heavy (non-hydrogen) atoms. The minimum absolute atomic E-state index is 0.125. The second kappa shape index (κ2) is 4.63. The predicted octanol–water partition coefficient (Wildman–Crippen LogP) is 1.32. The van der Waals surface area contributed by atoms with Gasteiger partial charge < -0.3 is 0 Å². The molecule has 0 aromatic heterocycles. The first-order chi connectivity index (χ1) is 7.68. The molecule has 0 N–H and O–H groups in total. The van der Waals surface area contributed by atoms with Gasteiger partial charge in [-0.15, -0.1) is 0 Å². The average Bonchev–Trinajstić information content (AvgIpc) is 2.29. The monoisotopic (exact) mass is 276 g/mol. The molecule has 1 unspecified atom stereocenters. The van der Waals surface area contributed by atoms with Crippen molar-refractivity contribution < 1.29 is 9.18 Å². The molecule has 0 spiro atoms. The van der Waals surface area contributed by atoms with Crippen molar-refractivity contribution in [2.75, 3.05) is 0 Å². The molecule has 0 saturated heterocycles. The van der Waals surface area contributed by atoms with Crippen molar-refractivity contribution in [1.29, 1.82) is 0 Å². The quantitative estimate of drug-likeness (QED) is 0.597. The molecule has 2 aromatic carbocycles. The van der Waals surface area contributed by atoms with Crippen LogP contribution in [0.15, 0.2) is 48.5 Å². The van der Waals surface area contributed by atoms with Crippen LogP contribution < -0.4 is 4.35 Å². The fraction of sp³-hybridized carbons (Fsp3) is 0. The van der Waals surface area contributed by atoms with Gasteiger partial charge in [-0.05, 0) is 0 Å². The van der Waals surface area contributed by atoms with Crippen LogP contribution in [0.25, 0.3) is 0 Å². The van der Waals surface area contributed by atoms with Crippen LogP contribution in [0, 0.1) is 5.82 Å². The zero-order valence-electron chi connectivity index (χ0n) is 8.48. The third-order valence-corrected chi connectivity index (χ3v) is 3.35. The van der Waals surface area contributed by atoms with E-state index in [1.807, 2.05) is 18.2 Å². The van der Waals surface area contributed by atoms with Crippen molar-refractivity contribution in [3.63, 3.8) is 0 Å². The van der Waals surface area contributed by atoms with Gasteiger partial charge in [0.25, 0.3) is 0 Å². The Labute approximate surface area is 102 Å². The Kier molecular flexibility index (Phi) is 3.21. The number of carbonyl (C=O) groups excluding carboxylic acids is 1. The summed E-state index contributed by atoms with van der Waals surface area (Å²) in [6, 6.07) is 13.1. The second-order valence-electron chi connectivity index (χ2n) is 3.43. The van der Waals surface area contributed by atoms with Crippen LogP contribution in [0.1, 0.15) is 15.9 Å². The first kappa shape index (κ1) is 11.1. The fourth-order valence-corrected chi connectivity index (χ4v) is 2.20. The molecular formula is C13H10AsFO. The molecular weight excluding hydrogens is 266 g/mol. The van der Waals surface area contributed by atoms with Gasteiger partial charge in [0.1, 0.15) is 0 Å². The molecule has 0 saturated carbocycles. The predicted molar refractivity (Wildman–Crippen MR) is 64.5 cm³/mol. The first-order valence-electron chi connectivity index (χ1n) is 4.83. The van der Waals surface area contributed by atoms with Crippen molar-refractivity contribution in [3.05, 3.63) is 65.5 Å². The van der Waals surface area contributed by atoms with Gasteiger partial charge >= 0.3 is 102 Å². The molecule has 0 aliphatic heterocycles. The van der Waals surface area contributed by atoms with Crippen LogP contribution in [-0.4, -0.2) is 22.6 Å². The van der Waals surface area contributed by atoms with E-state index in [0.717, 1.165) is 4.35 Å². The summed E-state index contributed by atoms with van der Waals surface area (Å²) in [5.41, 5.74) is 1.04. The third-order valence-electron chi connectivity index (χ3n) is 2.29. The molecule has 0 fully saturated rings. The molecule has 3 heteroatoms. The van der Waals surface area contributed by atoms with E-state index in [-0.39, 0.29) is 11.6 Å². The molecule has 0 aliphatic carbocycles. The summed E-state index contributed by atoms with van der Waals surface area (Å²) in [5.74, 6) is -0.510. The Morgan fingerprint density at radius 3 is 2.50 bits per heavy atom. The Balaban J connectivity index is 2.44. The summed E-state index contributed by atoms with van der Waals surface area (Å²) in [4.78, 5) is 12.1. The Morgan fingerprint density at radius 1 is 1.06 bits per heavy atom. The standard InChI is InChI=1S/C13H10AsFO/c14-12-7-2-1-6-11(12)13(16)9-4-3-5-10(15)8-9/h1-8H,14H2. The summed E-state index contributed by atoms with van der Waals surface area (Å²) >= 11 is 1.39. The van der Waals surface area contributed by atoms with E-state index < -0.39 is 0 Å². The van der Waals surface area contributed by atoms with Crippen LogP contribution in [0.3, 0.4) is 0 Å². The summed E-state index contributed by atoms with van der Waals surface area (Å²) < 4.78 is 14.0. The van der Waals surface area contributed by atoms with Gasteiger partial charge in [-0.3, -0.25) is 0 Å². The SMILES string of the molecule is O=C(c1cccc(F)c1)c1ccccc1[AsH2]. The maximum atomic E-state index is 13.0. The third kappa shape index (κ3) is 2.23. The van der Waals surface area contributed by atoms with Crippen LogP contribution in [0.2, 0.25) is 0 Å². The number of hydrogen-bond acceptors (Lipinski definition) is 1. The van der Waals surface area contributed by atoms with Crippen molar-refractivity contribution in [2.24, 2.45) is 0 Å². The Hall–Kier alpha value is -1.40. The van der Waals surface area contributed by atoms with Crippen LogP contribution in [-0.2, 0) is 0 Å².